The van der Waals surface area contributed by atoms with E-state index in [1.165, 1.54) is 4.88 Å². The van der Waals surface area contributed by atoms with Gasteiger partial charge in [-0.2, -0.15) is 0 Å². The highest BCUT2D eigenvalue weighted by Crippen LogP contribution is 2.31. The van der Waals surface area contributed by atoms with Crippen LogP contribution in [0.15, 0.2) is 10.5 Å². The van der Waals surface area contributed by atoms with Gasteiger partial charge in [0.05, 0.1) is 0 Å². The van der Waals surface area contributed by atoms with Gasteiger partial charge in [-0.05, 0) is 22.0 Å². The summed E-state index contributed by atoms with van der Waals surface area (Å²) in [5, 5.41) is 6.11. The first kappa shape index (κ1) is 11.4. The minimum Gasteiger partial charge on any atom is -0.354 e. The molecule has 1 aliphatic heterocycles. The second-order valence-electron chi connectivity index (χ2n) is 3.42. The van der Waals surface area contributed by atoms with E-state index in [4.69, 9.17) is 11.6 Å². The van der Waals surface area contributed by atoms with E-state index in [0.717, 1.165) is 21.9 Å². The third-order valence-corrected chi connectivity index (χ3v) is 4.71. The van der Waals surface area contributed by atoms with E-state index >= 15 is 0 Å². The van der Waals surface area contributed by atoms with Crippen molar-refractivity contribution >= 4 is 44.8 Å². The first-order valence-corrected chi connectivity index (χ1v) is 6.57. The number of halogens is 2. The Labute approximate surface area is 105 Å². The average Bonchev–Trinajstić information content (AvgIpc) is 2.72. The molecule has 1 unspecified atom stereocenters. The predicted molar refractivity (Wildman–Crippen MR) is 65.3 cm³/mol. The third-order valence-electron chi connectivity index (χ3n) is 2.24. The second-order valence-corrected chi connectivity index (χ2v) is 6.01. The van der Waals surface area contributed by atoms with Crippen molar-refractivity contribution in [2.24, 2.45) is 0 Å². The summed E-state index contributed by atoms with van der Waals surface area (Å²) in [7, 11) is 0. The Morgan fingerprint density at radius 3 is 3.07 bits per heavy atom. The van der Waals surface area contributed by atoms with Gasteiger partial charge in [-0.15, -0.1) is 11.3 Å². The summed E-state index contributed by atoms with van der Waals surface area (Å²) < 4.78 is 1.71. The van der Waals surface area contributed by atoms with Gasteiger partial charge in [0, 0.05) is 34.9 Å². The van der Waals surface area contributed by atoms with E-state index in [1.807, 2.05) is 6.07 Å². The standard InChI is InChI=1S/C9H10BrClN2OS/c10-7-2-6(15-9(7)11)4-12-5-1-8(14)13-3-5/h2,5,12H,1,3-4H2,(H,13,14). The van der Waals surface area contributed by atoms with Gasteiger partial charge in [0.1, 0.15) is 4.34 Å². The quantitative estimate of drug-likeness (QED) is 0.898. The van der Waals surface area contributed by atoms with Crippen molar-refractivity contribution in [2.45, 2.75) is 19.0 Å². The van der Waals surface area contributed by atoms with Gasteiger partial charge in [-0.25, -0.2) is 0 Å². The lowest BCUT2D eigenvalue weighted by Gasteiger charge is -2.07. The molecule has 2 N–H and O–H groups in total. The number of hydrogen-bond donors (Lipinski definition) is 2. The highest BCUT2D eigenvalue weighted by molar-refractivity contribution is 9.10. The lowest BCUT2D eigenvalue weighted by molar-refractivity contribution is -0.119. The van der Waals surface area contributed by atoms with Crippen LogP contribution < -0.4 is 10.6 Å². The first-order valence-electron chi connectivity index (χ1n) is 4.59. The average molecular weight is 310 g/mol. The molecule has 0 aliphatic carbocycles. The van der Waals surface area contributed by atoms with E-state index in [0.29, 0.717) is 6.42 Å². The van der Waals surface area contributed by atoms with Gasteiger partial charge in [0.25, 0.3) is 0 Å². The predicted octanol–water partition coefficient (Wildman–Crippen LogP) is 2.14. The molecule has 1 atom stereocenters. The number of carbonyl (C=O) groups is 1. The Balaban J connectivity index is 1.85. The number of amides is 1. The minimum absolute atomic E-state index is 0.123. The molecule has 2 heterocycles. The number of hydrogen-bond acceptors (Lipinski definition) is 3. The first-order chi connectivity index (χ1) is 7.15. The van der Waals surface area contributed by atoms with Crippen LogP contribution in [0.25, 0.3) is 0 Å². The van der Waals surface area contributed by atoms with Crippen LogP contribution in [-0.4, -0.2) is 18.5 Å². The minimum atomic E-state index is 0.123. The molecule has 1 amide bonds. The Kier molecular flexibility index (Phi) is 3.66. The van der Waals surface area contributed by atoms with Gasteiger partial charge >= 0.3 is 0 Å². The summed E-state index contributed by atoms with van der Waals surface area (Å²) in [4.78, 5) is 12.1. The lowest BCUT2D eigenvalue weighted by atomic mass is 10.2. The van der Waals surface area contributed by atoms with E-state index in [9.17, 15) is 4.79 Å². The monoisotopic (exact) mass is 308 g/mol. The molecule has 0 saturated carbocycles. The largest absolute Gasteiger partial charge is 0.354 e. The van der Waals surface area contributed by atoms with Gasteiger partial charge in [-0.3, -0.25) is 4.79 Å². The van der Waals surface area contributed by atoms with Crippen molar-refractivity contribution in [3.63, 3.8) is 0 Å². The molecule has 0 radical (unpaired) electrons. The Hall–Kier alpha value is -0.100. The van der Waals surface area contributed by atoms with Crippen molar-refractivity contribution in [3.05, 3.63) is 19.8 Å². The summed E-state index contributed by atoms with van der Waals surface area (Å²) >= 11 is 10.8. The van der Waals surface area contributed by atoms with Crippen LogP contribution in [0.4, 0.5) is 0 Å². The van der Waals surface area contributed by atoms with Crippen molar-refractivity contribution in [1.29, 1.82) is 0 Å². The van der Waals surface area contributed by atoms with Crippen LogP contribution in [-0.2, 0) is 11.3 Å². The van der Waals surface area contributed by atoms with Crippen molar-refractivity contribution < 1.29 is 4.79 Å². The number of rotatable bonds is 3. The fourth-order valence-corrected chi connectivity index (χ4v) is 3.21. The molecule has 2 rings (SSSR count). The van der Waals surface area contributed by atoms with Crippen LogP contribution in [0.3, 0.4) is 0 Å². The molecule has 0 spiro atoms. The van der Waals surface area contributed by atoms with Gasteiger partial charge < -0.3 is 10.6 Å². The number of thiophene rings is 1. The zero-order valence-corrected chi connectivity index (χ0v) is 11.0. The SMILES string of the molecule is O=C1CC(NCc2cc(Br)c(Cl)s2)CN1. The molecule has 0 bridgehead atoms. The maximum atomic E-state index is 10.9. The molecule has 1 fully saturated rings. The third kappa shape index (κ3) is 2.93. The zero-order valence-electron chi connectivity index (χ0n) is 7.85. The van der Waals surface area contributed by atoms with Crippen LogP contribution >= 0.6 is 38.9 Å². The lowest BCUT2D eigenvalue weighted by Crippen LogP contribution is -2.30. The molecule has 3 nitrogen and oxygen atoms in total. The molecule has 1 aromatic rings. The van der Waals surface area contributed by atoms with Crippen molar-refractivity contribution in [1.82, 2.24) is 10.6 Å². The molecule has 6 heteroatoms. The van der Waals surface area contributed by atoms with Crippen LogP contribution in [0, 0.1) is 0 Å². The summed E-state index contributed by atoms with van der Waals surface area (Å²) in [6.45, 7) is 1.48. The van der Waals surface area contributed by atoms with Crippen LogP contribution in [0.2, 0.25) is 4.34 Å². The summed E-state index contributed by atoms with van der Waals surface area (Å²) in [6.07, 6.45) is 0.570. The van der Waals surface area contributed by atoms with E-state index in [1.54, 1.807) is 11.3 Å². The normalized spacial score (nSPS) is 20.7. The maximum Gasteiger partial charge on any atom is 0.221 e. The molecular weight excluding hydrogens is 300 g/mol. The molecule has 82 valence electrons. The Bertz CT molecular complexity index is 363. The fraction of sp³-hybridized carbons (Fsp3) is 0.444. The van der Waals surface area contributed by atoms with Gasteiger partial charge in [0.15, 0.2) is 0 Å². The number of nitrogens with one attached hydrogen (secondary N) is 2. The van der Waals surface area contributed by atoms with Crippen LogP contribution in [0.1, 0.15) is 11.3 Å². The molecule has 0 aromatic carbocycles. The fourth-order valence-electron chi connectivity index (χ4n) is 1.47. The smallest absolute Gasteiger partial charge is 0.221 e. The Morgan fingerprint density at radius 2 is 2.53 bits per heavy atom. The van der Waals surface area contributed by atoms with Crippen molar-refractivity contribution in [2.75, 3.05) is 6.54 Å². The van der Waals surface area contributed by atoms with E-state index in [2.05, 4.69) is 26.6 Å². The Morgan fingerprint density at radius 1 is 1.73 bits per heavy atom. The zero-order chi connectivity index (χ0) is 10.8. The summed E-state index contributed by atoms with van der Waals surface area (Å²) in [5.41, 5.74) is 0. The highest BCUT2D eigenvalue weighted by atomic mass is 79.9. The molecular formula is C9H10BrClN2OS. The highest BCUT2D eigenvalue weighted by Gasteiger charge is 2.20. The van der Waals surface area contributed by atoms with Crippen molar-refractivity contribution in [3.8, 4) is 0 Å². The summed E-state index contributed by atoms with van der Waals surface area (Å²) in [6, 6.07) is 2.25. The molecule has 1 aromatic heterocycles. The molecule has 1 saturated heterocycles. The van der Waals surface area contributed by atoms with E-state index in [-0.39, 0.29) is 11.9 Å². The molecule has 15 heavy (non-hydrogen) atoms. The van der Waals surface area contributed by atoms with Gasteiger partial charge in [0.2, 0.25) is 5.91 Å². The maximum absolute atomic E-state index is 10.9. The number of carbonyl (C=O) groups excluding carboxylic acids is 1. The van der Waals surface area contributed by atoms with E-state index < -0.39 is 0 Å². The topological polar surface area (TPSA) is 41.1 Å². The second kappa shape index (κ2) is 4.82. The molecule has 1 aliphatic rings. The van der Waals surface area contributed by atoms with Gasteiger partial charge in [-0.1, -0.05) is 11.6 Å². The summed E-state index contributed by atoms with van der Waals surface area (Å²) in [5.74, 6) is 0.123. The van der Waals surface area contributed by atoms with Crippen LogP contribution in [0.5, 0.6) is 0 Å².